The van der Waals surface area contributed by atoms with Crippen LogP contribution in [0.2, 0.25) is 0 Å². The summed E-state index contributed by atoms with van der Waals surface area (Å²) < 4.78 is 6.13. The van der Waals surface area contributed by atoms with Gasteiger partial charge in [-0.15, -0.1) is 0 Å². The van der Waals surface area contributed by atoms with Crippen LogP contribution in [0.1, 0.15) is 24.5 Å². The van der Waals surface area contributed by atoms with Crippen molar-refractivity contribution in [3.63, 3.8) is 0 Å². The highest BCUT2D eigenvalue weighted by atomic mass is 16.5. The Morgan fingerprint density at radius 1 is 0.960 bits per heavy atom. The zero-order chi connectivity index (χ0) is 17.5. The topological polar surface area (TPSA) is 41.5 Å². The first-order valence-electron chi connectivity index (χ1n) is 8.83. The van der Waals surface area contributed by atoms with Crippen molar-refractivity contribution >= 4 is 10.8 Å². The predicted octanol–water partition coefficient (Wildman–Crippen LogP) is 4.28. The molecular weight excluding hydrogens is 310 g/mol. The first kappa shape index (κ1) is 17.5. The lowest BCUT2D eigenvalue weighted by Crippen LogP contribution is -2.31. The van der Waals surface area contributed by atoms with Gasteiger partial charge in [0.25, 0.3) is 0 Å². The molecule has 0 spiro atoms. The number of nitrogens with one attached hydrogen (secondary N) is 1. The van der Waals surface area contributed by atoms with Crippen LogP contribution in [0.25, 0.3) is 10.8 Å². The molecule has 0 bridgehead atoms. The second kappa shape index (κ2) is 8.65. The van der Waals surface area contributed by atoms with Crippen molar-refractivity contribution in [3.05, 3.63) is 77.9 Å². The molecule has 0 unspecified atom stereocenters. The highest BCUT2D eigenvalue weighted by molar-refractivity contribution is 5.87. The second-order valence-corrected chi connectivity index (χ2v) is 6.21. The summed E-state index contributed by atoms with van der Waals surface area (Å²) in [5, 5.41) is 15.3. The molecule has 0 aliphatic carbocycles. The molecule has 1 atom stereocenters. The maximum absolute atomic E-state index is 9.44. The van der Waals surface area contributed by atoms with E-state index in [1.165, 1.54) is 10.8 Å². The molecule has 3 aromatic rings. The normalized spacial score (nSPS) is 12.2. The lowest BCUT2D eigenvalue weighted by Gasteiger charge is -2.18. The van der Waals surface area contributed by atoms with Gasteiger partial charge >= 0.3 is 0 Å². The average Bonchev–Trinajstić information content (AvgIpc) is 2.68. The van der Waals surface area contributed by atoms with Gasteiger partial charge in [0.2, 0.25) is 0 Å². The molecule has 0 heterocycles. The molecule has 3 rings (SSSR count). The summed E-state index contributed by atoms with van der Waals surface area (Å²) in [4.78, 5) is 0. The minimum atomic E-state index is 0.0981. The van der Waals surface area contributed by atoms with Gasteiger partial charge in [0.05, 0.1) is 6.61 Å². The number of fused-ring (bicyclic) bond motifs is 1. The van der Waals surface area contributed by atoms with Crippen molar-refractivity contribution < 1.29 is 9.84 Å². The molecule has 0 aliphatic rings. The molecule has 3 aromatic carbocycles. The van der Waals surface area contributed by atoms with Crippen molar-refractivity contribution in [2.45, 2.75) is 32.5 Å². The third-order valence-electron chi connectivity index (χ3n) is 4.52. The SMILES string of the molecule is CC[C@@H](CO)NCc1c(OCc2ccccc2)ccc2ccccc12. The van der Waals surface area contributed by atoms with Crippen LogP contribution < -0.4 is 10.1 Å². The second-order valence-electron chi connectivity index (χ2n) is 6.21. The molecule has 25 heavy (non-hydrogen) atoms. The van der Waals surface area contributed by atoms with E-state index in [0.29, 0.717) is 13.2 Å². The molecular formula is C22H25NO2. The Bertz CT molecular complexity index is 797. The molecule has 0 aromatic heterocycles. The molecule has 3 heteroatoms. The quantitative estimate of drug-likeness (QED) is 0.645. The van der Waals surface area contributed by atoms with E-state index < -0.39 is 0 Å². The molecule has 2 N–H and O–H groups in total. The van der Waals surface area contributed by atoms with Crippen LogP contribution in [0, 0.1) is 0 Å². The summed E-state index contributed by atoms with van der Waals surface area (Å²) >= 11 is 0. The Morgan fingerprint density at radius 2 is 1.72 bits per heavy atom. The van der Waals surface area contributed by atoms with E-state index in [4.69, 9.17) is 4.74 Å². The number of hydrogen-bond donors (Lipinski definition) is 2. The van der Waals surface area contributed by atoms with Gasteiger partial charge in [-0.2, -0.15) is 0 Å². The maximum Gasteiger partial charge on any atom is 0.124 e. The standard InChI is InChI=1S/C22H25NO2/c1-2-19(15-24)23-14-21-20-11-7-6-10-18(20)12-13-22(21)25-16-17-8-4-3-5-9-17/h3-13,19,23-24H,2,14-16H2,1H3/t19-/m0/s1. The third-order valence-corrected chi connectivity index (χ3v) is 4.52. The van der Waals surface area contributed by atoms with Crippen LogP contribution in [0.15, 0.2) is 66.7 Å². The van der Waals surface area contributed by atoms with Crippen molar-refractivity contribution in [1.82, 2.24) is 5.32 Å². The Kier molecular flexibility index (Phi) is 6.04. The highest BCUT2D eigenvalue weighted by Gasteiger charge is 2.11. The van der Waals surface area contributed by atoms with E-state index in [0.717, 1.165) is 23.3 Å². The van der Waals surface area contributed by atoms with E-state index in [2.05, 4.69) is 48.6 Å². The van der Waals surface area contributed by atoms with Gasteiger partial charge in [0.15, 0.2) is 0 Å². The van der Waals surface area contributed by atoms with Crippen LogP contribution in [-0.4, -0.2) is 17.8 Å². The summed E-state index contributed by atoms with van der Waals surface area (Å²) in [6.07, 6.45) is 0.890. The minimum Gasteiger partial charge on any atom is -0.489 e. The van der Waals surface area contributed by atoms with Gasteiger partial charge in [0, 0.05) is 18.2 Å². The molecule has 0 aliphatic heterocycles. The number of hydrogen-bond acceptors (Lipinski definition) is 3. The smallest absolute Gasteiger partial charge is 0.124 e. The van der Waals surface area contributed by atoms with Crippen LogP contribution in [0.5, 0.6) is 5.75 Å². The lowest BCUT2D eigenvalue weighted by molar-refractivity contribution is 0.237. The largest absolute Gasteiger partial charge is 0.489 e. The molecule has 0 fully saturated rings. The van der Waals surface area contributed by atoms with Crippen LogP contribution >= 0.6 is 0 Å². The van der Waals surface area contributed by atoms with Crippen LogP contribution in [0.3, 0.4) is 0 Å². The first-order chi connectivity index (χ1) is 12.3. The molecule has 0 saturated heterocycles. The highest BCUT2D eigenvalue weighted by Crippen LogP contribution is 2.29. The van der Waals surface area contributed by atoms with E-state index >= 15 is 0 Å². The Hall–Kier alpha value is -2.36. The predicted molar refractivity (Wildman–Crippen MR) is 103 cm³/mol. The first-order valence-corrected chi connectivity index (χ1v) is 8.83. The number of ether oxygens (including phenoxy) is 1. The van der Waals surface area contributed by atoms with E-state index in [1.54, 1.807) is 0 Å². The fraction of sp³-hybridized carbons (Fsp3) is 0.273. The van der Waals surface area contributed by atoms with Crippen molar-refractivity contribution in [2.75, 3.05) is 6.61 Å². The molecule has 0 saturated carbocycles. The van der Waals surface area contributed by atoms with E-state index in [1.807, 2.05) is 30.3 Å². The summed E-state index contributed by atoms with van der Waals surface area (Å²) in [6.45, 7) is 3.43. The van der Waals surface area contributed by atoms with Gasteiger partial charge in [-0.3, -0.25) is 0 Å². The number of aliphatic hydroxyl groups is 1. The zero-order valence-corrected chi connectivity index (χ0v) is 14.6. The molecule has 3 nitrogen and oxygen atoms in total. The van der Waals surface area contributed by atoms with Gasteiger partial charge in [-0.1, -0.05) is 67.6 Å². The molecule has 130 valence electrons. The Balaban J connectivity index is 1.86. The van der Waals surface area contributed by atoms with Crippen LogP contribution in [0.4, 0.5) is 0 Å². The molecule has 0 radical (unpaired) electrons. The monoisotopic (exact) mass is 335 g/mol. The maximum atomic E-state index is 9.44. The third kappa shape index (κ3) is 4.38. The van der Waals surface area contributed by atoms with Gasteiger partial charge < -0.3 is 15.2 Å². The van der Waals surface area contributed by atoms with Crippen molar-refractivity contribution in [2.24, 2.45) is 0 Å². The summed E-state index contributed by atoms with van der Waals surface area (Å²) in [5.74, 6) is 0.892. The Morgan fingerprint density at radius 3 is 2.48 bits per heavy atom. The zero-order valence-electron chi connectivity index (χ0n) is 14.6. The van der Waals surface area contributed by atoms with Crippen molar-refractivity contribution in [3.8, 4) is 5.75 Å². The lowest BCUT2D eigenvalue weighted by atomic mass is 10.0. The van der Waals surface area contributed by atoms with Crippen molar-refractivity contribution in [1.29, 1.82) is 0 Å². The Labute approximate surface area is 149 Å². The van der Waals surface area contributed by atoms with Gasteiger partial charge in [-0.25, -0.2) is 0 Å². The fourth-order valence-electron chi connectivity index (χ4n) is 2.95. The summed E-state index contributed by atoms with van der Waals surface area (Å²) in [5.41, 5.74) is 2.29. The molecule has 0 amide bonds. The average molecular weight is 335 g/mol. The van der Waals surface area contributed by atoms with Gasteiger partial charge in [0.1, 0.15) is 12.4 Å². The number of benzene rings is 3. The summed E-state index contributed by atoms with van der Waals surface area (Å²) in [6, 6.07) is 22.8. The van der Waals surface area contributed by atoms with E-state index in [-0.39, 0.29) is 12.6 Å². The minimum absolute atomic E-state index is 0.0981. The van der Waals surface area contributed by atoms with Gasteiger partial charge in [-0.05, 0) is 28.8 Å². The fourth-order valence-corrected chi connectivity index (χ4v) is 2.95. The van der Waals surface area contributed by atoms with E-state index in [9.17, 15) is 5.11 Å². The van der Waals surface area contributed by atoms with Crippen LogP contribution in [-0.2, 0) is 13.2 Å². The number of rotatable bonds is 8. The summed E-state index contributed by atoms with van der Waals surface area (Å²) in [7, 11) is 0. The number of aliphatic hydroxyl groups excluding tert-OH is 1.